The summed E-state index contributed by atoms with van der Waals surface area (Å²) in [5.41, 5.74) is 7.19. The van der Waals surface area contributed by atoms with Crippen LogP contribution in [-0.4, -0.2) is 19.6 Å². The number of nitrogens with two attached hydrogens (primary N) is 1. The van der Waals surface area contributed by atoms with Gasteiger partial charge in [-0.1, -0.05) is 25.0 Å². The highest BCUT2D eigenvalue weighted by atomic mass is 19.3. The molecule has 100 valence electrons. The van der Waals surface area contributed by atoms with Crippen molar-refractivity contribution in [3.63, 3.8) is 0 Å². The molecule has 0 spiro atoms. The highest BCUT2D eigenvalue weighted by Crippen LogP contribution is 2.40. The first-order chi connectivity index (χ1) is 8.66. The van der Waals surface area contributed by atoms with E-state index in [4.69, 9.17) is 10.5 Å². The number of rotatable bonds is 5. The third-order valence-corrected chi connectivity index (χ3v) is 3.79. The van der Waals surface area contributed by atoms with Crippen molar-refractivity contribution in [1.29, 1.82) is 0 Å². The first-order valence-electron chi connectivity index (χ1n) is 6.38. The van der Waals surface area contributed by atoms with E-state index in [1.807, 2.05) is 12.1 Å². The molecule has 2 rings (SSSR count). The Bertz CT molecular complexity index is 372. The first-order valence-corrected chi connectivity index (χ1v) is 6.38. The Kier molecular flexibility index (Phi) is 4.17. The van der Waals surface area contributed by atoms with E-state index in [2.05, 4.69) is 0 Å². The lowest BCUT2D eigenvalue weighted by molar-refractivity contribution is 0.0819. The Morgan fingerprint density at radius 1 is 1.17 bits per heavy atom. The number of ether oxygens (including phenoxy) is 1. The molecule has 1 fully saturated rings. The average molecular weight is 255 g/mol. The van der Waals surface area contributed by atoms with Crippen molar-refractivity contribution in [2.45, 2.75) is 37.5 Å². The summed E-state index contributed by atoms with van der Waals surface area (Å²) in [6, 6.07) is 7.43. The fourth-order valence-electron chi connectivity index (χ4n) is 2.73. The molecule has 1 aromatic carbocycles. The third-order valence-electron chi connectivity index (χ3n) is 3.79. The Hall–Kier alpha value is -1.16. The van der Waals surface area contributed by atoms with Crippen LogP contribution in [0.1, 0.15) is 31.2 Å². The zero-order chi connectivity index (χ0) is 13.0. The van der Waals surface area contributed by atoms with Gasteiger partial charge in [0.1, 0.15) is 12.4 Å². The van der Waals surface area contributed by atoms with Crippen LogP contribution >= 0.6 is 0 Å². The summed E-state index contributed by atoms with van der Waals surface area (Å²) in [6.07, 6.45) is 2.21. The second-order valence-corrected chi connectivity index (χ2v) is 4.92. The fourth-order valence-corrected chi connectivity index (χ4v) is 2.73. The number of halogens is 2. The molecule has 2 nitrogen and oxygen atoms in total. The van der Waals surface area contributed by atoms with Gasteiger partial charge in [-0.25, -0.2) is 8.78 Å². The number of hydrogen-bond acceptors (Lipinski definition) is 2. The fraction of sp³-hybridized carbons (Fsp3) is 0.571. The lowest BCUT2D eigenvalue weighted by Crippen LogP contribution is -2.31. The van der Waals surface area contributed by atoms with E-state index < -0.39 is 13.0 Å². The van der Waals surface area contributed by atoms with Gasteiger partial charge in [0.2, 0.25) is 0 Å². The van der Waals surface area contributed by atoms with Gasteiger partial charge in [-0.2, -0.15) is 0 Å². The number of hydrogen-bond donors (Lipinski definition) is 1. The SMILES string of the molecule is NCC1(c2ccc(OCC(F)F)cc2)CCCC1. The highest BCUT2D eigenvalue weighted by Gasteiger charge is 2.33. The van der Waals surface area contributed by atoms with Crippen LogP contribution in [-0.2, 0) is 5.41 Å². The van der Waals surface area contributed by atoms with Gasteiger partial charge in [-0.3, -0.25) is 0 Å². The molecule has 1 aliphatic carbocycles. The van der Waals surface area contributed by atoms with Crippen molar-refractivity contribution >= 4 is 0 Å². The van der Waals surface area contributed by atoms with Crippen LogP contribution in [0.5, 0.6) is 5.75 Å². The molecule has 0 saturated heterocycles. The molecule has 1 saturated carbocycles. The summed E-state index contributed by atoms with van der Waals surface area (Å²) < 4.78 is 29.0. The Morgan fingerprint density at radius 3 is 2.28 bits per heavy atom. The Balaban J connectivity index is 2.07. The molecule has 1 aromatic rings. The van der Waals surface area contributed by atoms with Crippen LogP contribution in [0.15, 0.2) is 24.3 Å². The number of alkyl halides is 2. The summed E-state index contributed by atoms with van der Waals surface area (Å²) in [7, 11) is 0. The van der Waals surface area contributed by atoms with Gasteiger partial charge >= 0.3 is 0 Å². The van der Waals surface area contributed by atoms with Crippen LogP contribution in [0.3, 0.4) is 0 Å². The van der Waals surface area contributed by atoms with Crippen LogP contribution in [0.2, 0.25) is 0 Å². The minimum Gasteiger partial charge on any atom is -0.488 e. The molecule has 0 aromatic heterocycles. The lowest BCUT2D eigenvalue weighted by Gasteiger charge is -2.28. The summed E-state index contributed by atoms with van der Waals surface area (Å²) in [4.78, 5) is 0. The molecule has 0 heterocycles. The van der Waals surface area contributed by atoms with Crippen molar-refractivity contribution in [3.05, 3.63) is 29.8 Å². The van der Waals surface area contributed by atoms with Crippen molar-refractivity contribution in [2.24, 2.45) is 5.73 Å². The molecule has 4 heteroatoms. The van der Waals surface area contributed by atoms with Crippen molar-refractivity contribution < 1.29 is 13.5 Å². The second kappa shape index (κ2) is 5.65. The third kappa shape index (κ3) is 2.80. The summed E-state index contributed by atoms with van der Waals surface area (Å²) in [5, 5.41) is 0. The summed E-state index contributed by atoms with van der Waals surface area (Å²) in [5.74, 6) is 0.490. The monoisotopic (exact) mass is 255 g/mol. The molecule has 0 aliphatic heterocycles. The Morgan fingerprint density at radius 2 is 1.78 bits per heavy atom. The first kappa shape index (κ1) is 13.3. The van der Waals surface area contributed by atoms with Gasteiger partial charge in [0.15, 0.2) is 0 Å². The zero-order valence-corrected chi connectivity index (χ0v) is 10.4. The quantitative estimate of drug-likeness (QED) is 0.877. The Labute approximate surface area is 106 Å². The summed E-state index contributed by atoms with van der Waals surface area (Å²) >= 11 is 0. The molecule has 2 N–H and O–H groups in total. The maximum absolute atomic E-state index is 12.0. The number of benzene rings is 1. The largest absolute Gasteiger partial charge is 0.488 e. The molecule has 0 radical (unpaired) electrons. The van der Waals surface area contributed by atoms with Crippen LogP contribution in [0.25, 0.3) is 0 Å². The molecule has 0 unspecified atom stereocenters. The maximum atomic E-state index is 12.0. The predicted octanol–water partition coefficient (Wildman–Crippen LogP) is 3.10. The highest BCUT2D eigenvalue weighted by molar-refractivity contribution is 5.33. The summed E-state index contributed by atoms with van der Waals surface area (Å²) in [6.45, 7) is 0.0889. The van der Waals surface area contributed by atoms with Gasteiger partial charge in [0.25, 0.3) is 6.43 Å². The van der Waals surface area contributed by atoms with Gasteiger partial charge in [0, 0.05) is 12.0 Å². The van der Waals surface area contributed by atoms with E-state index >= 15 is 0 Å². The maximum Gasteiger partial charge on any atom is 0.272 e. The minimum atomic E-state index is -2.44. The molecular formula is C14H19F2NO. The molecule has 1 aliphatic rings. The lowest BCUT2D eigenvalue weighted by atomic mass is 9.79. The topological polar surface area (TPSA) is 35.2 Å². The van der Waals surface area contributed by atoms with Crippen LogP contribution in [0.4, 0.5) is 8.78 Å². The molecule has 0 amide bonds. The van der Waals surface area contributed by atoms with E-state index in [-0.39, 0.29) is 5.41 Å². The van der Waals surface area contributed by atoms with Crippen molar-refractivity contribution in [1.82, 2.24) is 0 Å². The second-order valence-electron chi connectivity index (χ2n) is 4.92. The van der Waals surface area contributed by atoms with Gasteiger partial charge in [-0.05, 0) is 30.5 Å². The standard InChI is InChI=1S/C14H19F2NO/c15-13(16)9-18-12-5-3-11(4-6-12)14(10-17)7-1-2-8-14/h3-6,13H,1-2,7-10,17H2. The smallest absolute Gasteiger partial charge is 0.272 e. The van der Waals surface area contributed by atoms with E-state index in [0.29, 0.717) is 12.3 Å². The van der Waals surface area contributed by atoms with Gasteiger partial charge in [-0.15, -0.1) is 0 Å². The molecule has 0 bridgehead atoms. The van der Waals surface area contributed by atoms with Gasteiger partial charge in [0.05, 0.1) is 0 Å². The normalized spacial score (nSPS) is 18.2. The predicted molar refractivity (Wildman–Crippen MR) is 67.1 cm³/mol. The van der Waals surface area contributed by atoms with Crippen molar-refractivity contribution in [3.8, 4) is 5.75 Å². The van der Waals surface area contributed by atoms with E-state index in [1.165, 1.54) is 18.4 Å². The van der Waals surface area contributed by atoms with Gasteiger partial charge < -0.3 is 10.5 Å². The average Bonchev–Trinajstić information content (AvgIpc) is 2.87. The molecule has 18 heavy (non-hydrogen) atoms. The van der Waals surface area contributed by atoms with E-state index in [9.17, 15) is 8.78 Å². The van der Waals surface area contributed by atoms with Crippen LogP contribution < -0.4 is 10.5 Å². The molecule has 0 atom stereocenters. The zero-order valence-electron chi connectivity index (χ0n) is 10.4. The van der Waals surface area contributed by atoms with E-state index in [0.717, 1.165) is 12.8 Å². The minimum absolute atomic E-state index is 0.0846. The van der Waals surface area contributed by atoms with Crippen molar-refractivity contribution in [2.75, 3.05) is 13.2 Å². The van der Waals surface area contributed by atoms with E-state index in [1.54, 1.807) is 12.1 Å². The van der Waals surface area contributed by atoms with Crippen LogP contribution in [0, 0.1) is 0 Å². The molecular weight excluding hydrogens is 236 g/mol.